The molecule has 0 saturated carbocycles. The fraction of sp³-hybridized carbons (Fsp3) is 0.677. The van der Waals surface area contributed by atoms with Gasteiger partial charge in [-0.1, -0.05) is 213 Å². The van der Waals surface area contributed by atoms with E-state index in [9.17, 15) is 19.0 Å². The second kappa shape index (κ2) is 52.5. The lowest BCUT2D eigenvalue weighted by Gasteiger charge is -2.24. The Kier molecular flexibility index (Phi) is 50.1. The number of esters is 2. The van der Waals surface area contributed by atoms with Crippen molar-refractivity contribution in [1.29, 1.82) is 0 Å². The highest BCUT2D eigenvalue weighted by Crippen LogP contribution is 2.43. The maximum Gasteiger partial charge on any atom is 0.472 e. The van der Waals surface area contributed by atoms with Gasteiger partial charge in [0.15, 0.2) is 6.10 Å². The van der Waals surface area contributed by atoms with E-state index in [1.54, 1.807) is 0 Å². The van der Waals surface area contributed by atoms with Gasteiger partial charge < -0.3 is 18.9 Å². The molecule has 0 radical (unpaired) electrons. The zero-order valence-corrected chi connectivity index (χ0v) is 47.5. The van der Waals surface area contributed by atoms with Gasteiger partial charge in [-0.3, -0.25) is 18.6 Å². The van der Waals surface area contributed by atoms with Crippen LogP contribution in [0.3, 0.4) is 0 Å². The number of unbranched alkanes of at least 4 members (excludes halogenated alkanes) is 19. The van der Waals surface area contributed by atoms with Gasteiger partial charge in [0.05, 0.1) is 27.7 Å². The zero-order valence-electron chi connectivity index (χ0n) is 46.6. The quantitative estimate of drug-likeness (QED) is 0.0211. The van der Waals surface area contributed by atoms with E-state index in [2.05, 4.69) is 123 Å². The Morgan fingerprint density at radius 1 is 0.444 bits per heavy atom. The van der Waals surface area contributed by atoms with E-state index in [1.807, 2.05) is 21.1 Å². The summed E-state index contributed by atoms with van der Waals surface area (Å²) >= 11 is 0. The minimum absolute atomic E-state index is 0.0229. The summed E-state index contributed by atoms with van der Waals surface area (Å²) in [4.78, 5) is 35.7. The molecule has 0 fully saturated rings. The van der Waals surface area contributed by atoms with Gasteiger partial charge in [0, 0.05) is 12.8 Å². The minimum Gasteiger partial charge on any atom is -0.462 e. The van der Waals surface area contributed by atoms with Crippen LogP contribution in [-0.2, 0) is 32.7 Å². The molecule has 0 bridgehead atoms. The van der Waals surface area contributed by atoms with Crippen LogP contribution in [-0.4, -0.2) is 74.9 Å². The van der Waals surface area contributed by atoms with Gasteiger partial charge in [-0.25, -0.2) is 4.57 Å². The average Bonchev–Trinajstić information content (AvgIpc) is 3.34. The number of likely N-dealkylation sites (N-methyl/N-ethyl adjacent to an activating group) is 1. The maximum atomic E-state index is 12.8. The van der Waals surface area contributed by atoms with Crippen LogP contribution in [0.1, 0.15) is 219 Å². The molecule has 0 aliphatic heterocycles. The van der Waals surface area contributed by atoms with E-state index in [4.69, 9.17) is 18.5 Å². The van der Waals surface area contributed by atoms with Crippen molar-refractivity contribution < 1.29 is 42.1 Å². The highest BCUT2D eigenvalue weighted by atomic mass is 31.2. The number of nitrogens with zero attached hydrogens (tertiary/aromatic N) is 1. The fourth-order valence-corrected chi connectivity index (χ4v) is 8.12. The monoisotopic (exact) mass is 1020 g/mol. The lowest BCUT2D eigenvalue weighted by molar-refractivity contribution is -0.870. The molecule has 2 atom stereocenters. The molecule has 72 heavy (non-hydrogen) atoms. The van der Waals surface area contributed by atoms with Crippen molar-refractivity contribution in [3.8, 4) is 0 Å². The van der Waals surface area contributed by atoms with Crippen LogP contribution in [0, 0.1) is 0 Å². The van der Waals surface area contributed by atoms with Crippen LogP contribution in [0.15, 0.2) is 109 Å². The van der Waals surface area contributed by atoms with Gasteiger partial charge in [0.25, 0.3) is 0 Å². The number of quaternary nitrogens is 1. The highest BCUT2D eigenvalue weighted by Gasteiger charge is 2.27. The van der Waals surface area contributed by atoms with Crippen LogP contribution in [0.2, 0.25) is 0 Å². The van der Waals surface area contributed by atoms with Crippen molar-refractivity contribution in [3.63, 3.8) is 0 Å². The van der Waals surface area contributed by atoms with Crippen molar-refractivity contribution >= 4 is 19.8 Å². The van der Waals surface area contributed by atoms with Crippen molar-refractivity contribution in [1.82, 2.24) is 0 Å². The topological polar surface area (TPSA) is 108 Å². The van der Waals surface area contributed by atoms with Gasteiger partial charge in [0.1, 0.15) is 19.8 Å². The number of ether oxygens (including phenoxy) is 2. The first-order valence-corrected chi connectivity index (χ1v) is 30.1. The third-order valence-corrected chi connectivity index (χ3v) is 12.8. The molecule has 0 saturated heterocycles. The van der Waals surface area contributed by atoms with Crippen LogP contribution in [0.4, 0.5) is 0 Å². The van der Waals surface area contributed by atoms with Crippen molar-refractivity contribution in [3.05, 3.63) is 109 Å². The lowest BCUT2D eigenvalue weighted by Crippen LogP contribution is -2.37. The minimum atomic E-state index is -4.40. The van der Waals surface area contributed by atoms with E-state index in [0.29, 0.717) is 17.4 Å². The number of phosphoric acid groups is 1. The molecule has 2 unspecified atom stereocenters. The third-order valence-electron chi connectivity index (χ3n) is 11.8. The number of rotatable bonds is 51. The number of hydrogen-bond acceptors (Lipinski definition) is 7. The zero-order chi connectivity index (χ0) is 52.7. The third kappa shape index (κ3) is 56.0. The largest absolute Gasteiger partial charge is 0.472 e. The Bertz CT molecular complexity index is 1580. The molecule has 0 aliphatic rings. The Labute approximate surface area is 442 Å². The van der Waals surface area contributed by atoms with Gasteiger partial charge >= 0.3 is 19.8 Å². The molecule has 0 aromatic rings. The standard InChI is InChI=1S/C62H106NO8P/c1-6-8-10-12-14-16-18-20-22-24-26-27-28-29-30-31-32-33-34-35-37-39-41-43-45-47-49-51-53-55-62(65)71-60(59-70-72(66,67)69-57-56-63(3,4)5)58-68-61(64)54-52-50-48-46-44-42-40-38-36-25-23-21-19-17-15-13-11-9-7-2/h8,10,14-17,20-23,26-27,29-30,32-33,35,37,60H,6-7,9,11-13,18-19,24-25,28,31,34,36,38-59H2,1-5H3/p+1/b10-8-,16-14-,17-15-,22-20-,23-21-,27-26-,30-29-,33-32-,37-35-. The smallest absolute Gasteiger partial charge is 0.462 e. The molecule has 0 aliphatic carbocycles. The number of carbonyl (C=O) groups excluding carboxylic acids is 2. The van der Waals surface area contributed by atoms with Crippen LogP contribution in [0.5, 0.6) is 0 Å². The number of carbonyl (C=O) groups is 2. The normalized spacial score (nSPS) is 14.1. The van der Waals surface area contributed by atoms with Crippen molar-refractivity contribution in [2.45, 2.75) is 225 Å². The molecule has 0 heterocycles. The fourth-order valence-electron chi connectivity index (χ4n) is 7.38. The molecular formula is C62H107NO8P+. The number of allylic oxidation sites excluding steroid dienone is 18. The summed E-state index contributed by atoms with van der Waals surface area (Å²) in [5, 5.41) is 0. The number of hydrogen-bond donors (Lipinski definition) is 1. The summed E-state index contributed by atoms with van der Waals surface area (Å²) in [6.45, 7) is 4.27. The van der Waals surface area contributed by atoms with Crippen LogP contribution in [0.25, 0.3) is 0 Å². The summed E-state index contributed by atoms with van der Waals surface area (Å²) < 4.78 is 34.5. The van der Waals surface area contributed by atoms with Crippen LogP contribution < -0.4 is 0 Å². The van der Waals surface area contributed by atoms with Gasteiger partial charge in [-0.2, -0.15) is 0 Å². The Morgan fingerprint density at radius 3 is 1.18 bits per heavy atom. The molecule has 412 valence electrons. The van der Waals surface area contributed by atoms with E-state index in [-0.39, 0.29) is 32.0 Å². The summed E-state index contributed by atoms with van der Waals surface area (Å²) in [7, 11) is 1.45. The highest BCUT2D eigenvalue weighted by molar-refractivity contribution is 7.47. The molecule has 10 heteroatoms. The van der Waals surface area contributed by atoms with E-state index in [0.717, 1.165) is 109 Å². The van der Waals surface area contributed by atoms with E-state index < -0.39 is 26.5 Å². The Balaban J connectivity index is 4.24. The molecule has 0 aromatic carbocycles. The Morgan fingerprint density at radius 2 is 0.792 bits per heavy atom. The predicted octanol–water partition coefficient (Wildman–Crippen LogP) is 17.8. The second-order valence-electron chi connectivity index (χ2n) is 19.9. The summed E-state index contributed by atoms with van der Waals surface area (Å²) in [6, 6.07) is 0. The van der Waals surface area contributed by atoms with Gasteiger partial charge in [0.2, 0.25) is 0 Å². The molecule has 0 aromatic heterocycles. The second-order valence-corrected chi connectivity index (χ2v) is 21.4. The van der Waals surface area contributed by atoms with Crippen molar-refractivity contribution in [2.24, 2.45) is 0 Å². The van der Waals surface area contributed by atoms with Gasteiger partial charge in [-0.15, -0.1) is 0 Å². The van der Waals surface area contributed by atoms with Gasteiger partial charge in [-0.05, 0) is 103 Å². The molecule has 0 amide bonds. The van der Waals surface area contributed by atoms with E-state index >= 15 is 0 Å². The summed E-state index contributed by atoms with van der Waals surface area (Å²) in [6.07, 6.45) is 72.9. The number of phosphoric ester groups is 1. The first-order chi connectivity index (χ1) is 35.0. The predicted molar refractivity (Wildman–Crippen MR) is 307 cm³/mol. The summed E-state index contributed by atoms with van der Waals surface area (Å²) in [5.41, 5.74) is 0. The van der Waals surface area contributed by atoms with Crippen molar-refractivity contribution in [2.75, 3.05) is 47.5 Å². The molecule has 1 N–H and O–H groups in total. The van der Waals surface area contributed by atoms with E-state index in [1.165, 1.54) is 77.0 Å². The molecule has 9 nitrogen and oxygen atoms in total. The van der Waals surface area contributed by atoms with Crippen LogP contribution >= 0.6 is 7.82 Å². The first kappa shape index (κ1) is 68.7. The summed E-state index contributed by atoms with van der Waals surface area (Å²) in [5.74, 6) is -0.820. The first-order valence-electron chi connectivity index (χ1n) is 28.6. The molecular weight excluding hydrogens is 918 g/mol. The lowest BCUT2D eigenvalue weighted by atomic mass is 10.1. The Hall–Kier alpha value is -3.33. The molecule has 0 rings (SSSR count). The average molecular weight is 1030 g/mol. The SMILES string of the molecule is CC/C=C\C/C=C\C/C=C\C/C=C\C/C=C\C/C=C\C/C=C\CCCCCCCCCC(=O)OC(COC(=O)CCCCCCCCCCC/C=C\C/C=C\CCCCC)COP(=O)(O)OCC[N+](C)(C)C. The maximum absolute atomic E-state index is 12.8. The molecule has 0 spiro atoms.